The van der Waals surface area contributed by atoms with Crippen LogP contribution in [0.5, 0.6) is 0 Å². The van der Waals surface area contributed by atoms with Crippen LogP contribution in [-0.4, -0.2) is 10.2 Å². The summed E-state index contributed by atoms with van der Waals surface area (Å²) in [5, 5.41) is 19.4. The summed E-state index contributed by atoms with van der Waals surface area (Å²) in [6.07, 6.45) is 0.386. The quantitative estimate of drug-likeness (QED) is 0.787. The van der Waals surface area contributed by atoms with E-state index in [2.05, 4.69) is 16.3 Å². The second kappa shape index (κ2) is 3.42. The molecule has 2 heterocycles. The van der Waals surface area contributed by atoms with Gasteiger partial charge in [-0.25, -0.2) is 0 Å². The molecule has 13 heavy (non-hydrogen) atoms. The summed E-state index contributed by atoms with van der Waals surface area (Å²) < 4.78 is 0. The molecule has 0 aromatic carbocycles. The lowest BCUT2D eigenvalue weighted by Crippen LogP contribution is -1.78. The number of aromatic amines is 1. The zero-order valence-electron chi connectivity index (χ0n) is 6.82. The summed E-state index contributed by atoms with van der Waals surface area (Å²) in [7, 11) is 0. The standard InChI is InChI=1S/C9H7N3S/c10-3-1-8-5-9(12-11-8)7-2-4-13-6-7/h2,4-6H,1H2,(H,11,12). The molecule has 0 spiro atoms. The van der Waals surface area contributed by atoms with Crippen molar-refractivity contribution < 1.29 is 0 Å². The van der Waals surface area contributed by atoms with Gasteiger partial charge in [0.1, 0.15) is 0 Å². The predicted octanol–water partition coefficient (Wildman–Crippen LogP) is 2.20. The van der Waals surface area contributed by atoms with E-state index in [-0.39, 0.29) is 0 Å². The Morgan fingerprint density at radius 1 is 1.62 bits per heavy atom. The molecule has 0 unspecified atom stereocenters. The highest BCUT2D eigenvalue weighted by molar-refractivity contribution is 7.08. The van der Waals surface area contributed by atoms with Gasteiger partial charge in [0.15, 0.2) is 0 Å². The lowest BCUT2D eigenvalue weighted by atomic mass is 10.2. The van der Waals surface area contributed by atoms with Crippen molar-refractivity contribution in [2.45, 2.75) is 6.42 Å². The molecule has 0 bridgehead atoms. The summed E-state index contributed by atoms with van der Waals surface area (Å²) >= 11 is 1.64. The molecule has 4 heteroatoms. The maximum Gasteiger partial charge on any atom is 0.0932 e. The first-order valence-corrected chi connectivity index (χ1v) is 4.78. The molecule has 1 N–H and O–H groups in total. The number of nitrogens with zero attached hydrogens (tertiary/aromatic N) is 2. The first kappa shape index (κ1) is 8.02. The summed E-state index contributed by atoms with van der Waals surface area (Å²) in [5.74, 6) is 0. The number of H-pyrrole nitrogens is 1. The monoisotopic (exact) mass is 189 g/mol. The molecule has 3 nitrogen and oxygen atoms in total. The lowest BCUT2D eigenvalue weighted by molar-refractivity contribution is 1.02. The minimum atomic E-state index is 0.386. The van der Waals surface area contributed by atoms with Gasteiger partial charge in [-0.15, -0.1) is 0 Å². The molecule has 0 aliphatic rings. The van der Waals surface area contributed by atoms with Crippen LogP contribution in [0.15, 0.2) is 22.9 Å². The van der Waals surface area contributed by atoms with Gasteiger partial charge in [0.05, 0.1) is 18.2 Å². The molecule has 0 atom stereocenters. The van der Waals surface area contributed by atoms with Crippen molar-refractivity contribution in [2.24, 2.45) is 0 Å². The summed E-state index contributed by atoms with van der Waals surface area (Å²) in [6.45, 7) is 0. The van der Waals surface area contributed by atoms with E-state index in [1.807, 2.05) is 22.9 Å². The molecular weight excluding hydrogens is 182 g/mol. The highest BCUT2D eigenvalue weighted by Gasteiger charge is 2.02. The number of nitriles is 1. The Bertz CT molecular complexity index is 422. The van der Waals surface area contributed by atoms with Crippen LogP contribution >= 0.6 is 11.3 Å². The van der Waals surface area contributed by atoms with Gasteiger partial charge in [0.2, 0.25) is 0 Å². The molecule has 0 radical (unpaired) electrons. The second-order valence-electron chi connectivity index (χ2n) is 2.63. The van der Waals surface area contributed by atoms with Crippen LogP contribution in [0.2, 0.25) is 0 Å². The van der Waals surface area contributed by atoms with Crippen LogP contribution in [0.25, 0.3) is 11.3 Å². The number of rotatable bonds is 2. The van der Waals surface area contributed by atoms with Gasteiger partial charge in [-0.1, -0.05) is 0 Å². The third-order valence-electron chi connectivity index (χ3n) is 1.72. The molecule has 0 saturated heterocycles. The van der Waals surface area contributed by atoms with Crippen molar-refractivity contribution >= 4 is 11.3 Å². The Kier molecular flexibility index (Phi) is 2.11. The molecule has 0 amide bonds. The van der Waals surface area contributed by atoms with E-state index in [1.165, 1.54) is 0 Å². The average Bonchev–Trinajstić information content (AvgIpc) is 2.70. The van der Waals surface area contributed by atoms with Crippen LogP contribution in [0, 0.1) is 11.3 Å². The highest BCUT2D eigenvalue weighted by Crippen LogP contribution is 2.20. The molecular formula is C9H7N3S. The topological polar surface area (TPSA) is 52.5 Å². The normalized spacial score (nSPS) is 9.77. The number of hydrogen-bond donors (Lipinski definition) is 1. The molecule has 0 saturated carbocycles. The SMILES string of the molecule is N#CCc1cc(-c2ccsc2)n[nH]1. The van der Waals surface area contributed by atoms with Gasteiger partial charge in [-0.3, -0.25) is 5.10 Å². The molecule has 2 rings (SSSR count). The van der Waals surface area contributed by atoms with Gasteiger partial charge in [-0.05, 0) is 17.5 Å². The van der Waals surface area contributed by atoms with Gasteiger partial charge in [0, 0.05) is 16.6 Å². The number of nitrogens with one attached hydrogen (secondary N) is 1. The van der Waals surface area contributed by atoms with E-state index in [0.29, 0.717) is 6.42 Å². The summed E-state index contributed by atoms with van der Waals surface area (Å²) in [4.78, 5) is 0. The first-order valence-electron chi connectivity index (χ1n) is 3.84. The van der Waals surface area contributed by atoms with Crippen LogP contribution in [0.4, 0.5) is 0 Å². The van der Waals surface area contributed by atoms with E-state index in [9.17, 15) is 0 Å². The third kappa shape index (κ3) is 1.60. The van der Waals surface area contributed by atoms with Gasteiger partial charge in [0.25, 0.3) is 0 Å². The maximum atomic E-state index is 8.46. The molecule has 2 aromatic rings. The molecule has 0 aliphatic heterocycles. The van der Waals surface area contributed by atoms with Gasteiger partial charge >= 0.3 is 0 Å². The summed E-state index contributed by atoms with van der Waals surface area (Å²) in [5.41, 5.74) is 2.88. The van der Waals surface area contributed by atoms with Crippen LogP contribution in [-0.2, 0) is 6.42 Å². The minimum Gasteiger partial charge on any atom is -0.281 e. The number of aromatic nitrogens is 2. The van der Waals surface area contributed by atoms with Crippen molar-refractivity contribution in [3.63, 3.8) is 0 Å². The van der Waals surface area contributed by atoms with Crippen molar-refractivity contribution in [1.82, 2.24) is 10.2 Å². The van der Waals surface area contributed by atoms with Crippen LogP contribution in [0.3, 0.4) is 0 Å². The molecule has 0 fully saturated rings. The molecule has 0 aliphatic carbocycles. The van der Waals surface area contributed by atoms with E-state index >= 15 is 0 Å². The van der Waals surface area contributed by atoms with Crippen molar-refractivity contribution in [3.8, 4) is 17.3 Å². The van der Waals surface area contributed by atoms with Crippen LogP contribution in [0.1, 0.15) is 5.69 Å². The predicted molar refractivity (Wildman–Crippen MR) is 51.2 cm³/mol. The second-order valence-corrected chi connectivity index (χ2v) is 3.41. The summed E-state index contributed by atoms with van der Waals surface area (Å²) in [6, 6.07) is 5.99. The van der Waals surface area contributed by atoms with Crippen molar-refractivity contribution in [2.75, 3.05) is 0 Å². The number of hydrogen-bond acceptors (Lipinski definition) is 3. The van der Waals surface area contributed by atoms with E-state index < -0.39 is 0 Å². The Labute approximate surface area is 79.6 Å². The molecule has 2 aromatic heterocycles. The molecule has 64 valence electrons. The fourth-order valence-electron chi connectivity index (χ4n) is 1.10. The Hall–Kier alpha value is -1.60. The zero-order chi connectivity index (χ0) is 9.10. The average molecular weight is 189 g/mol. The zero-order valence-corrected chi connectivity index (χ0v) is 7.64. The third-order valence-corrected chi connectivity index (χ3v) is 2.40. The van der Waals surface area contributed by atoms with Crippen molar-refractivity contribution in [3.05, 3.63) is 28.6 Å². The fourth-order valence-corrected chi connectivity index (χ4v) is 1.75. The minimum absolute atomic E-state index is 0.386. The highest BCUT2D eigenvalue weighted by atomic mass is 32.1. The van der Waals surface area contributed by atoms with E-state index in [1.54, 1.807) is 11.3 Å². The van der Waals surface area contributed by atoms with E-state index in [0.717, 1.165) is 17.0 Å². The fraction of sp³-hybridized carbons (Fsp3) is 0.111. The van der Waals surface area contributed by atoms with Gasteiger partial charge in [-0.2, -0.15) is 21.7 Å². The van der Waals surface area contributed by atoms with E-state index in [4.69, 9.17) is 5.26 Å². The Morgan fingerprint density at radius 2 is 2.54 bits per heavy atom. The largest absolute Gasteiger partial charge is 0.281 e. The smallest absolute Gasteiger partial charge is 0.0932 e. The Balaban J connectivity index is 2.29. The van der Waals surface area contributed by atoms with Crippen molar-refractivity contribution in [1.29, 1.82) is 5.26 Å². The lowest BCUT2D eigenvalue weighted by Gasteiger charge is -1.84. The Morgan fingerprint density at radius 3 is 3.23 bits per heavy atom. The number of thiophene rings is 1. The van der Waals surface area contributed by atoms with Gasteiger partial charge < -0.3 is 0 Å². The maximum absolute atomic E-state index is 8.46. The van der Waals surface area contributed by atoms with Crippen LogP contribution < -0.4 is 0 Å². The first-order chi connectivity index (χ1) is 6.40.